The average Bonchev–Trinajstić information content (AvgIpc) is 3.34. The lowest BCUT2D eigenvalue weighted by molar-refractivity contribution is 0.0510. The van der Waals surface area contributed by atoms with E-state index in [4.69, 9.17) is 9.72 Å². The Bertz CT molecular complexity index is 1250. The minimum Gasteiger partial charge on any atom is -0.376 e. The normalized spacial score (nSPS) is 18.3. The van der Waals surface area contributed by atoms with Crippen LogP contribution in [0.2, 0.25) is 0 Å². The van der Waals surface area contributed by atoms with E-state index in [1.165, 1.54) is 23.5 Å². The van der Waals surface area contributed by atoms with Crippen LogP contribution >= 0.6 is 11.3 Å². The molecule has 5 rings (SSSR count). The molecule has 2 aliphatic rings. The second kappa shape index (κ2) is 9.35. The predicted octanol–water partition coefficient (Wildman–Crippen LogP) is 4.45. The van der Waals surface area contributed by atoms with Gasteiger partial charge in [-0.15, -0.1) is 11.3 Å². The fraction of sp³-hybridized carbons (Fsp3) is 0.480. The number of benzene rings is 1. The van der Waals surface area contributed by atoms with Gasteiger partial charge in [-0.2, -0.15) is 0 Å². The summed E-state index contributed by atoms with van der Waals surface area (Å²) in [7, 11) is 0. The van der Waals surface area contributed by atoms with E-state index in [2.05, 4.69) is 0 Å². The Morgan fingerprint density at radius 1 is 1.30 bits per heavy atom. The van der Waals surface area contributed by atoms with Crippen LogP contribution in [0.5, 0.6) is 0 Å². The van der Waals surface area contributed by atoms with Gasteiger partial charge < -0.3 is 9.64 Å². The molecule has 1 atom stereocenters. The quantitative estimate of drug-likeness (QED) is 0.554. The second-order valence-corrected chi connectivity index (χ2v) is 9.98. The number of aryl methyl sites for hydroxylation is 2. The molecular weight excluding hydrogens is 441 g/mol. The lowest BCUT2D eigenvalue weighted by Gasteiger charge is -2.25. The number of halogens is 1. The molecule has 0 radical (unpaired) electrons. The van der Waals surface area contributed by atoms with Crippen molar-refractivity contribution in [2.45, 2.75) is 64.6 Å². The number of nitrogens with zero attached hydrogens (tertiary/aromatic N) is 3. The van der Waals surface area contributed by atoms with E-state index in [1.54, 1.807) is 15.5 Å². The molecule has 1 fully saturated rings. The van der Waals surface area contributed by atoms with Gasteiger partial charge in [0.05, 0.1) is 16.4 Å². The van der Waals surface area contributed by atoms with Gasteiger partial charge in [0.2, 0.25) is 0 Å². The minimum absolute atomic E-state index is 0.0305. The first-order valence-electron chi connectivity index (χ1n) is 11.7. The van der Waals surface area contributed by atoms with Crippen molar-refractivity contribution < 1.29 is 13.9 Å². The van der Waals surface area contributed by atoms with Gasteiger partial charge >= 0.3 is 0 Å². The highest BCUT2D eigenvalue weighted by atomic mass is 32.1. The highest BCUT2D eigenvalue weighted by Crippen LogP contribution is 2.30. The van der Waals surface area contributed by atoms with Crippen LogP contribution in [0.1, 0.15) is 58.7 Å². The van der Waals surface area contributed by atoms with E-state index in [0.717, 1.165) is 49.9 Å². The van der Waals surface area contributed by atoms with Gasteiger partial charge in [0.15, 0.2) is 0 Å². The van der Waals surface area contributed by atoms with Crippen LogP contribution in [0.15, 0.2) is 29.1 Å². The van der Waals surface area contributed by atoms with E-state index in [0.29, 0.717) is 40.4 Å². The number of rotatable bonds is 5. The molecule has 2 aliphatic heterocycles. The zero-order chi connectivity index (χ0) is 22.9. The van der Waals surface area contributed by atoms with Gasteiger partial charge in [0, 0.05) is 32.7 Å². The molecule has 2 aromatic heterocycles. The van der Waals surface area contributed by atoms with Crippen molar-refractivity contribution in [1.29, 1.82) is 0 Å². The van der Waals surface area contributed by atoms with Crippen LogP contribution in [-0.4, -0.2) is 39.6 Å². The summed E-state index contributed by atoms with van der Waals surface area (Å²) in [5.74, 6) is 0.338. The molecule has 1 amide bonds. The van der Waals surface area contributed by atoms with Crippen molar-refractivity contribution in [2.24, 2.45) is 0 Å². The summed E-state index contributed by atoms with van der Waals surface area (Å²) in [5, 5.41) is 0.553. The van der Waals surface area contributed by atoms with E-state index in [-0.39, 0.29) is 29.9 Å². The van der Waals surface area contributed by atoms with Crippen molar-refractivity contribution >= 4 is 27.5 Å². The highest BCUT2D eigenvalue weighted by molar-refractivity contribution is 7.20. The Hall–Kier alpha value is -2.58. The monoisotopic (exact) mass is 469 g/mol. The Morgan fingerprint density at radius 3 is 2.97 bits per heavy atom. The summed E-state index contributed by atoms with van der Waals surface area (Å²) in [6.45, 7) is 3.94. The number of hydrogen-bond acceptors (Lipinski definition) is 5. The molecule has 0 saturated carbocycles. The van der Waals surface area contributed by atoms with Gasteiger partial charge in [-0.1, -0.05) is 18.6 Å². The van der Waals surface area contributed by atoms with Crippen LogP contribution in [-0.2, 0) is 24.2 Å². The molecule has 3 aromatic rings. The number of thiophene rings is 1. The van der Waals surface area contributed by atoms with Crippen molar-refractivity contribution in [3.05, 3.63) is 62.3 Å². The molecule has 4 heterocycles. The zero-order valence-electron chi connectivity index (χ0n) is 18.8. The molecule has 8 heteroatoms. The third-order valence-corrected chi connectivity index (χ3v) is 7.78. The first kappa shape index (κ1) is 22.2. The maximum atomic E-state index is 13.8. The molecule has 6 nitrogen and oxygen atoms in total. The molecule has 174 valence electrons. The molecule has 33 heavy (non-hydrogen) atoms. The summed E-state index contributed by atoms with van der Waals surface area (Å²) in [6, 6.07) is 6.33. The Kier molecular flexibility index (Phi) is 6.29. The fourth-order valence-corrected chi connectivity index (χ4v) is 6.02. The number of carbonyl (C=O) groups excluding carboxylic acids is 1. The molecule has 0 bridgehead atoms. The molecule has 1 unspecified atom stereocenters. The molecule has 0 aliphatic carbocycles. The summed E-state index contributed by atoms with van der Waals surface area (Å²) in [6.07, 6.45) is 5.72. The molecule has 0 spiro atoms. The van der Waals surface area contributed by atoms with Crippen molar-refractivity contribution in [1.82, 2.24) is 14.5 Å². The summed E-state index contributed by atoms with van der Waals surface area (Å²) in [5.41, 5.74) is 1.37. The standard InChI is InChI=1S/C25H28FN3O3S/c1-16-21-23(27-20-10-3-2-4-11-29(20)24(21)30)33-22(16)25(31)28(15-19-9-6-12-32-19)14-17-7-5-8-18(26)13-17/h5,7-8,13,19H,2-4,6,9-12,14-15H2,1H3. The number of fused-ring (bicyclic) bond motifs is 2. The lowest BCUT2D eigenvalue weighted by atomic mass is 10.1. The van der Waals surface area contributed by atoms with Gasteiger partial charge in [-0.05, 0) is 55.9 Å². The van der Waals surface area contributed by atoms with Gasteiger partial charge in [0.25, 0.3) is 11.5 Å². The lowest BCUT2D eigenvalue weighted by Crippen LogP contribution is -2.37. The minimum atomic E-state index is -0.325. The number of aromatic nitrogens is 2. The summed E-state index contributed by atoms with van der Waals surface area (Å²) >= 11 is 1.30. The Labute approximate surface area is 196 Å². The van der Waals surface area contributed by atoms with Crippen LogP contribution in [0.4, 0.5) is 4.39 Å². The molecule has 0 N–H and O–H groups in total. The molecule has 1 aromatic carbocycles. The van der Waals surface area contributed by atoms with Crippen molar-refractivity contribution in [3.8, 4) is 0 Å². The Balaban J connectivity index is 1.52. The van der Waals surface area contributed by atoms with Gasteiger partial charge in [-0.3, -0.25) is 14.2 Å². The van der Waals surface area contributed by atoms with Gasteiger partial charge in [0.1, 0.15) is 16.5 Å². The van der Waals surface area contributed by atoms with E-state index in [9.17, 15) is 14.0 Å². The van der Waals surface area contributed by atoms with Crippen LogP contribution in [0.25, 0.3) is 10.2 Å². The topological polar surface area (TPSA) is 64.4 Å². The first-order valence-corrected chi connectivity index (χ1v) is 12.5. The average molecular weight is 470 g/mol. The Morgan fingerprint density at radius 2 is 2.18 bits per heavy atom. The first-order chi connectivity index (χ1) is 16.0. The van der Waals surface area contributed by atoms with Gasteiger partial charge in [-0.25, -0.2) is 9.37 Å². The van der Waals surface area contributed by atoms with Crippen molar-refractivity contribution in [3.63, 3.8) is 0 Å². The number of ether oxygens (including phenoxy) is 1. The second-order valence-electron chi connectivity index (χ2n) is 8.98. The molecule has 1 saturated heterocycles. The van der Waals surface area contributed by atoms with Crippen LogP contribution in [0.3, 0.4) is 0 Å². The van der Waals surface area contributed by atoms with Crippen molar-refractivity contribution in [2.75, 3.05) is 13.2 Å². The SMILES string of the molecule is Cc1c(C(=O)N(Cc2cccc(F)c2)CC2CCCO2)sc2nc3n(c(=O)c12)CCCCC3. The number of carbonyl (C=O) groups is 1. The zero-order valence-corrected chi connectivity index (χ0v) is 19.6. The third kappa shape index (κ3) is 4.46. The predicted molar refractivity (Wildman–Crippen MR) is 126 cm³/mol. The van der Waals surface area contributed by atoms with Crippen LogP contribution < -0.4 is 5.56 Å². The van der Waals surface area contributed by atoms with E-state index in [1.807, 2.05) is 13.0 Å². The highest BCUT2D eigenvalue weighted by Gasteiger charge is 2.28. The largest absolute Gasteiger partial charge is 0.376 e. The number of hydrogen-bond donors (Lipinski definition) is 0. The molecular formula is C25H28FN3O3S. The maximum Gasteiger partial charge on any atom is 0.264 e. The maximum absolute atomic E-state index is 13.8. The fourth-order valence-electron chi connectivity index (χ4n) is 4.87. The van der Waals surface area contributed by atoms with Crippen LogP contribution in [0, 0.1) is 12.7 Å². The third-order valence-electron chi connectivity index (χ3n) is 6.60. The van der Waals surface area contributed by atoms with E-state index >= 15 is 0 Å². The number of amides is 1. The van der Waals surface area contributed by atoms with E-state index < -0.39 is 0 Å². The summed E-state index contributed by atoms with van der Waals surface area (Å²) < 4.78 is 21.4. The summed E-state index contributed by atoms with van der Waals surface area (Å²) in [4.78, 5) is 34.7. The smallest absolute Gasteiger partial charge is 0.264 e.